The van der Waals surface area contributed by atoms with Gasteiger partial charge < -0.3 is 9.64 Å². The monoisotopic (exact) mass is 416 g/mol. The Hall–Kier alpha value is -2.38. The van der Waals surface area contributed by atoms with Gasteiger partial charge in [-0.1, -0.05) is 50.2 Å². The molecule has 3 rings (SSSR count). The summed E-state index contributed by atoms with van der Waals surface area (Å²) in [5.74, 6) is 0.884. The van der Waals surface area contributed by atoms with Gasteiger partial charge in [0.1, 0.15) is 5.75 Å². The predicted octanol–water partition coefficient (Wildman–Crippen LogP) is 3.11. The second-order valence-corrected chi connectivity index (χ2v) is 9.43. The van der Waals surface area contributed by atoms with Gasteiger partial charge in [-0.25, -0.2) is 8.42 Å². The second kappa shape index (κ2) is 8.97. The number of ether oxygens (including phenoxy) is 1. The number of carbonyl (C=O) groups is 1. The largest absolute Gasteiger partial charge is 0.481 e. The standard InChI is InChI=1S/C22H28N2O4S/c1-17(2)20-11-7-8-12-21(20)28-18(3)22(25)23-13-15-24(16-14-23)29(26,27)19-9-5-4-6-10-19/h4-12,17-18H,13-16H2,1-3H3/t18-/m1/s1. The Labute approximate surface area is 173 Å². The Kier molecular flexibility index (Phi) is 6.59. The molecule has 2 aromatic rings. The molecule has 0 N–H and O–H groups in total. The minimum atomic E-state index is -3.53. The molecular formula is C22H28N2O4S. The van der Waals surface area contributed by atoms with Crippen LogP contribution in [0.3, 0.4) is 0 Å². The van der Waals surface area contributed by atoms with Gasteiger partial charge in [0.25, 0.3) is 5.91 Å². The third kappa shape index (κ3) is 4.79. The highest BCUT2D eigenvalue weighted by Gasteiger charge is 2.32. The summed E-state index contributed by atoms with van der Waals surface area (Å²) in [7, 11) is -3.53. The van der Waals surface area contributed by atoms with Gasteiger partial charge in [-0.05, 0) is 36.6 Å². The number of amides is 1. The molecule has 156 valence electrons. The van der Waals surface area contributed by atoms with Crippen molar-refractivity contribution < 1.29 is 17.9 Å². The Morgan fingerprint density at radius 1 is 0.897 bits per heavy atom. The molecule has 2 aromatic carbocycles. The van der Waals surface area contributed by atoms with Gasteiger partial charge in [0.05, 0.1) is 4.90 Å². The van der Waals surface area contributed by atoms with Crippen LogP contribution in [0.15, 0.2) is 59.5 Å². The zero-order valence-electron chi connectivity index (χ0n) is 17.1. The summed E-state index contributed by atoms with van der Waals surface area (Å²) < 4.78 is 32.9. The zero-order chi connectivity index (χ0) is 21.0. The highest BCUT2D eigenvalue weighted by molar-refractivity contribution is 7.89. The number of para-hydroxylation sites is 1. The molecule has 1 aliphatic rings. The molecule has 0 aliphatic carbocycles. The number of sulfonamides is 1. The van der Waals surface area contributed by atoms with E-state index in [1.807, 2.05) is 24.3 Å². The number of benzene rings is 2. The molecule has 1 fully saturated rings. The van der Waals surface area contributed by atoms with Gasteiger partial charge in [-0.15, -0.1) is 0 Å². The summed E-state index contributed by atoms with van der Waals surface area (Å²) in [4.78, 5) is 14.8. The molecule has 1 amide bonds. The van der Waals surface area contributed by atoms with Crippen molar-refractivity contribution in [1.82, 2.24) is 9.21 Å². The smallest absolute Gasteiger partial charge is 0.263 e. The van der Waals surface area contributed by atoms with Crippen molar-refractivity contribution in [3.8, 4) is 5.75 Å². The van der Waals surface area contributed by atoms with E-state index in [1.165, 1.54) is 4.31 Å². The third-order valence-corrected chi connectivity index (χ3v) is 7.04. The molecule has 0 unspecified atom stereocenters. The lowest BCUT2D eigenvalue weighted by molar-refractivity contribution is -0.139. The van der Waals surface area contributed by atoms with Crippen LogP contribution < -0.4 is 4.74 Å². The third-order valence-electron chi connectivity index (χ3n) is 5.12. The fourth-order valence-corrected chi connectivity index (χ4v) is 4.90. The molecule has 6 nitrogen and oxygen atoms in total. The van der Waals surface area contributed by atoms with Gasteiger partial charge in [-0.2, -0.15) is 4.31 Å². The number of hydrogen-bond donors (Lipinski definition) is 0. The van der Waals surface area contributed by atoms with Crippen molar-refractivity contribution in [2.45, 2.75) is 37.7 Å². The fraction of sp³-hybridized carbons (Fsp3) is 0.409. The summed E-state index contributed by atoms with van der Waals surface area (Å²) in [6.45, 7) is 7.17. The molecule has 1 saturated heterocycles. The van der Waals surface area contributed by atoms with Crippen LogP contribution in [0.2, 0.25) is 0 Å². The predicted molar refractivity (Wildman–Crippen MR) is 112 cm³/mol. The SMILES string of the molecule is CC(C)c1ccccc1O[C@H](C)C(=O)N1CCN(S(=O)(=O)c2ccccc2)CC1. The summed E-state index contributed by atoms with van der Waals surface area (Å²) in [6.07, 6.45) is -0.632. The van der Waals surface area contributed by atoms with E-state index in [-0.39, 0.29) is 23.9 Å². The molecule has 0 bridgehead atoms. The minimum absolute atomic E-state index is 0.125. The van der Waals surface area contributed by atoms with Gasteiger partial charge in [0, 0.05) is 26.2 Å². The van der Waals surface area contributed by atoms with Gasteiger partial charge in [0.2, 0.25) is 10.0 Å². The molecule has 0 spiro atoms. The van der Waals surface area contributed by atoms with Crippen molar-refractivity contribution in [2.75, 3.05) is 26.2 Å². The van der Waals surface area contributed by atoms with E-state index in [0.29, 0.717) is 24.8 Å². The molecule has 1 aliphatic heterocycles. The Morgan fingerprint density at radius 3 is 2.10 bits per heavy atom. The topological polar surface area (TPSA) is 66.9 Å². The van der Waals surface area contributed by atoms with E-state index in [4.69, 9.17) is 4.74 Å². The van der Waals surface area contributed by atoms with Crippen LogP contribution in [0, 0.1) is 0 Å². The fourth-order valence-electron chi connectivity index (χ4n) is 3.45. The summed E-state index contributed by atoms with van der Waals surface area (Å²) >= 11 is 0. The maximum absolute atomic E-state index is 12.8. The average Bonchev–Trinajstić information content (AvgIpc) is 2.74. The highest BCUT2D eigenvalue weighted by atomic mass is 32.2. The van der Waals surface area contributed by atoms with Gasteiger partial charge in [0.15, 0.2) is 6.10 Å². The lowest BCUT2D eigenvalue weighted by Crippen LogP contribution is -2.53. The first kappa shape index (κ1) is 21.3. The minimum Gasteiger partial charge on any atom is -0.481 e. The van der Waals surface area contributed by atoms with Crippen molar-refractivity contribution in [3.05, 3.63) is 60.2 Å². The number of nitrogens with zero attached hydrogens (tertiary/aromatic N) is 2. The molecular weight excluding hydrogens is 388 g/mol. The summed E-state index contributed by atoms with van der Waals surface area (Å²) in [5, 5.41) is 0. The zero-order valence-corrected chi connectivity index (χ0v) is 17.9. The Bertz CT molecular complexity index is 936. The maximum Gasteiger partial charge on any atom is 0.263 e. The first-order valence-electron chi connectivity index (χ1n) is 9.90. The molecule has 0 saturated carbocycles. The molecule has 1 atom stereocenters. The van der Waals surface area contributed by atoms with Crippen LogP contribution in [0.5, 0.6) is 5.75 Å². The van der Waals surface area contributed by atoms with Crippen molar-refractivity contribution >= 4 is 15.9 Å². The van der Waals surface area contributed by atoms with Crippen molar-refractivity contribution in [1.29, 1.82) is 0 Å². The van der Waals surface area contributed by atoms with Gasteiger partial charge >= 0.3 is 0 Å². The quantitative estimate of drug-likeness (QED) is 0.726. The Morgan fingerprint density at radius 2 is 1.48 bits per heavy atom. The lowest BCUT2D eigenvalue weighted by Gasteiger charge is -2.35. The van der Waals surface area contributed by atoms with E-state index in [1.54, 1.807) is 42.2 Å². The first-order valence-corrected chi connectivity index (χ1v) is 11.3. The van der Waals surface area contributed by atoms with Crippen LogP contribution in [0.1, 0.15) is 32.3 Å². The molecule has 0 radical (unpaired) electrons. The number of rotatable bonds is 6. The van der Waals surface area contributed by atoms with E-state index in [2.05, 4.69) is 13.8 Å². The lowest BCUT2D eigenvalue weighted by atomic mass is 10.0. The first-order chi connectivity index (χ1) is 13.8. The van der Waals surface area contributed by atoms with Crippen LogP contribution in [-0.2, 0) is 14.8 Å². The number of carbonyl (C=O) groups excluding carboxylic acids is 1. The average molecular weight is 417 g/mol. The van der Waals surface area contributed by atoms with Gasteiger partial charge in [-0.3, -0.25) is 4.79 Å². The van der Waals surface area contributed by atoms with Crippen LogP contribution >= 0.6 is 0 Å². The second-order valence-electron chi connectivity index (χ2n) is 7.50. The molecule has 29 heavy (non-hydrogen) atoms. The number of piperazine rings is 1. The van der Waals surface area contributed by atoms with Crippen LogP contribution in [0.25, 0.3) is 0 Å². The van der Waals surface area contributed by atoms with E-state index in [9.17, 15) is 13.2 Å². The summed E-state index contributed by atoms with van der Waals surface area (Å²) in [5.41, 5.74) is 1.06. The highest BCUT2D eigenvalue weighted by Crippen LogP contribution is 2.27. The molecule has 7 heteroatoms. The van der Waals surface area contributed by atoms with Crippen LogP contribution in [0.4, 0.5) is 0 Å². The van der Waals surface area contributed by atoms with Crippen LogP contribution in [-0.4, -0.2) is 55.8 Å². The Balaban J connectivity index is 1.62. The maximum atomic E-state index is 12.8. The van der Waals surface area contributed by atoms with Crippen molar-refractivity contribution in [3.63, 3.8) is 0 Å². The molecule has 1 heterocycles. The summed E-state index contributed by atoms with van der Waals surface area (Å²) in [6, 6.07) is 16.1. The van der Waals surface area contributed by atoms with E-state index < -0.39 is 16.1 Å². The molecule has 0 aromatic heterocycles. The van der Waals surface area contributed by atoms with E-state index >= 15 is 0 Å². The number of hydrogen-bond acceptors (Lipinski definition) is 4. The normalized spacial score (nSPS) is 16.6. The van der Waals surface area contributed by atoms with Crippen molar-refractivity contribution in [2.24, 2.45) is 0 Å². The van der Waals surface area contributed by atoms with E-state index in [0.717, 1.165) is 5.56 Å².